The van der Waals surface area contributed by atoms with Crippen molar-refractivity contribution >= 4 is 5.69 Å². The highest BCUT2D eigenvalue weighted by Gasteiger charge is 2.12. The van der Waals surface area contributed by atoms with Gasteiger partial charge in [0.05, 0.1) is 6.04 Å². The molecule has 2 rings (SSSR count). The standard InChI is InChI=1S/C14H13F2NO2/c1-8(11-7-10(18)3-5-14(11)19)17-9-2-4-12(15)13(16)6-9/h2-8,17-19H,1H3. The summed E-state index contributed by atoms with van der Waals surface area (Å²) in [6.45, 7) is 1.73. The smallest absolute Gasteiger partial charge is 0.160 e. The number of hydrogen-bond acceptors (Lipinski definition) is 3. The molecule has 3 nitrogen and oxygen atoms in total. The fraction of sp³-hybridized carbons (Fsp3) is 0.143. The molecular weight excluding hydrogens is 252 g/mol. The summed E-state index contributed by atoms with van der Waals surface area (Å²) >= 11 is 0. The number of phenols is 2. The summed E-state index contributed by atoms with van der Waals surface area (Å²) in [6.07, 6.45) is 0. The van der Waals surface area contributed by atoms with Crippen LogP contribution in [0.25, 0.3) is 0 Å². The van der Waals surface area contributed by atoms with E-state index in [1.807, 2.05) is 0 Å². The van der Waals surface area contributed by atoms with Crippen molar-refractivity contribution in [2.45, 2.75) is 13.0 Å². The van der Waals surface area contributed by atoms with Gasteiger partial charge in [-0.1, -0.05) is 0 Å². The zero-order chi connectivity index (χ0) is 14.0. The maximum atomic E-state index is 13.1. The molecule has 2 aromatic carbocycles. The Balaban J connectivity index is 2.22. The van der Waals surface area contributed by atoms with Gasteiger partial charge in [-0.3, -0.25) is 0 Å². The Morgan fingerprint density at radius 3 is 2.42 bits per heavy atom. The van der Waals surface area contributed by atoms with E-state index in [4.69, 9.17) is 0 Å². The van der Waals surface area contributed by atoms with Gasteiger partial charge >= 0.3 is 0 Å². The molecule has 0 saturated heterocycles. The number of phenolic OH excluding ortho intramolecular Hbond substituents is 2. The van der Waals surface area contributed by atoms with Gasteiger partial charge in [-0.2, -0.15) is 0 Å². The minimum atomic E-state index is -0.947. The molecule has 0 aliphatic rings. The predicted molar refractivity (Wildman–Crippen MR) is 68.2 cm³/mol. The molecule has 3 N–H and O–H groups in total. The van der Waals surface area contributed by atoms with E-state index in [0.717, 1.165) is 12.1 Å². The van der Waals surface area contributed by atoms with Crippen LogP contribution in [0.4, 0.5) is 14.5 Å². The number of rotatable bonds is 3. The minimum Gasteiger partial charge on any atom is -0.508 e. The van der Waals surface area contributed by atoms with E-state index < -0.39 is 11.6 Å². The monoisotopic (exact) mass is 265 g/mol. The summed E-state index contributed by atoms with van der Waals surface area (Å²) < 4.78 is 25.9. The Kier molecular flexibility index (Phi) is 3.55. The van der Waals surface area contributed by atoms with Gasteiger partial charge in [0, 0.05) is 17.3 Å². The van der Waals surface area contributed by atoms with E-state index in [-0.39, 0.29) is 17.5 Å². The molecule has 0 amide bonds. The van der Waals surface area contributed by atoms with Crippen LogP contribution in [-0.2, 0) is 0 Å². The van der Waals surface area contributed by atoms with Crippen molar-refractivity contribution in [2.24, 2.45) is 0 Å². The molecular formula is C14H13F2NO2. The maximum Gasteiger partial charge on any atom is 0.160 e. The number of anilines is 1. The Bertz CT molecular complexity index is 602. The summed E-state index contributed by atoms with van der Waals surface area (Å²) in [5.41, 5.74) is 0.846. The van der Waals surface area contributed by atoms with Crippen molar-refractivity contribution in [3.8, 4) is 11.5 Å². The summed E-state index contributed by atoms with van der Waals surface area (Å²) in [7, 11) is 0. The van der Waals surface area contributed by atoms with Gasteiger partial charge in [0.1, 0.15) is 11.5 Å². The highest BCUT2D eigenvalue weighted by molar-refractivity contribution is 5.49. The van der Waals surface area contributed by atoms with Crippen LogP contribution in [0.1, 0.15) is 18.5 Å². The first-order chi connectivity index (χ1) is 8.97. The van der Waals surface area contributed by atoms with Crippen molar-refractivity contribution < 1.29 is 19.0 Å². The average molecular weight is 265 g/mol. The summed E-state index contributed by atoms with van der Waals surface area (Å²) in [5.74, 6) is -1.83. The first-order valence-corrected chi connectivity index (χ1v) is 5.71. The van der Waals surface area contributed by atoms with E-state index in [1.165, 1.54) is 24.3 Å². The molecule has 0 heterocycles. The number of benzene rings is 2. The van der Waals surface area contributed by atoms with E-state index in [1.54, 1.807) is 6.92 Å². The SMILES string of the molecule is CC(Nc1ccc(F)c(F)c1)c1cc(O)ccc1O. The van der Waals surface area contributed by atoms with Crippen LogP contribution < -0.4 is 5.32 Å². The third-order valence-electron chi connectivity index (χ3n) is 2.78. The van der Waals surface area contributed by atoms with Crippen LogP contribution in [-0.4, -0.2) is 10.2 Å². The number of hydrogen-bond donors (Lipinski definition) is 3. The number of aromatic hydroxyl groups is 2. The molecule has 1 atom stereocenters. The second kappa shape index (κ2) is 5.14. The Labute approximate surface area is 109 Å². The molecule has 2 aromatic rings. The van der Waals surface area contributed by atoms with Crippen molar-refractivity contribution in [2.75, 3.05) is 5.32 Å². The first kappa shape index (κ1) is 13.1. The summed E-state index contributed by atoms with van der Waals surface area (Å²) in [6, 6.07) is 7.22. The molecule has 100 valence electrons. The molecule has 5 heteroatoms. The number of nitrogens with one attached hydrogen (secondary N) is 1. The molecule has 1 unspecified atom stereocenters. The second-order valence-corrected chi connectivity index (χ2v) is 4.24. The van der Waals surface area contributed by atoms with Crippen LogP contribution in [0.5, 0.6) is 11.5 Å². The van der Waals surface area contributed by atoms with Crippen LogP contribution >= 0.6 is 0 Å². The van der Waals surface area contributed by atoms with Crippen LogP contribution in [0.3, 0.4) is 0 Å². The largest absolute Gasteiger partial charge is 0.508 e. The van der Waals surface area contributed by atoms with E-state index in [9.17, 15) is 19.0 Å². The molecule has 0 fully saturated rings. The molecule has 0 aliphatic heterocycles. The number of halogens is 2. The maximum absolute atomic E-state index is 13.1. The van der Waals surface area contributed by atoms with Crippen LogP contribution in [0.15, 0.2) is 36.4 Å². The Morgan fingerprint density at radius 2 is 1.74 bits per heavy atom. The third-order valence-corrected chi connectivity index (χ3v) is 2.78. The molecule has 19 heavy (non-hydrogen) atoms. The van der Waals surface area contributed by atoms with Crippen LogP contribution in [0.2, 0.25) is 0 Å². The van der Waals surface area contributed by atoms with E-state index in [0.29, 0.717) is 11.3 Å². The Morgan fingerprint density at radius 1 is 1.00 bits per heavy atom. The molecule has 0 aliphatic carbocycles. The van der Waals surface area contributed by atoms with Gasteiger partial charge in [-0.15, -0.1) is 0 Å². The average Bonchev–Trinajstić information content (AvgIpc) is 2.36. The minimum absolute atomic E-state index is 0.0142. The van der Waals surface area contributed by atoms with Gasteiger partial charge in [-0.25, -0.2) is 8.78 Å². The van der Waals surface area contributed by atoms with Crippen LogP contribution in [0, 0.1) is 11.6 Å². The van der Waals surface area contributed by atoms with Crippen molar-refractivity contribution in [1.29, 1.82) is 0 Å². The summed E-state index contributed by atoms with van der Waals surface area (Å²) in [4.78, 5) is 0. The normalized spacial score (nSPS) is 12.2. The highest BCUT2D eigenvalue weighted by atomic mass is 19.2. The van der Waals surface area contributed by atoms with E-state index in [2.05, 4.69) is 5.32 Å². The lowest BCUT2D eigenvalue weighted by atomic mass is 10.1. The molecule has 0 spiro atoms. The Hall–Kier alpha value is -2.30. The highest BCUT2D eigenvalue weighted by Crippen LogP contribution is 2.30. The topological polar surface area (TPSA) is 52.5 Å². The summed E-state index contributed by atoms with van der Waals surface area (Å²) in [5, 5.41) is 22.0. The first-order valence-electron chi connectivity index (χ1n) is 5.71. The lowest BCUT2D eigenvalue weighted by Gasteiger charge is -2.17. The van der Waals surface area contributed by atoms with Gasteiger partial charge in [0.2, 0.25) is 0 Å². The molecule has 0 bridgehead atoms. The lowest BCUT2D eigenvalue weighted by molar-refractivity contribution is 0.451. The van der Waals surface area contributed by atoms with Crippen molar-refractivity contribution in [1.82, 2.24) is 0 Å². The van der Waals surface area contributed by atoms with Crippen molar-refractivity contribution in [3.63, 3.8) is 0 Å². The van der Waals surface area contributed by atoms with Crippen molar-refractivity contribution in [3.05, 3.63) is 53.6 Å². The van der Waals surface area contributed by atoms with Gasteiger partial charge in [0.15, 0.2) is 11.6 Å². The quantitative estimate of drug-likeness (QED) is 0.744. The van der Waals surface area contributed by atoms with Gasteiger partial charge in [0.25, 0.3) is 0 Å². The van der Waals surface area contributed by atoms with Gasteiger partial charge in [-0.05, 0) is 37.3 Å². The lowest BCUT2D eigenvalue weighted by Crippen LogP contribution is -2.07. The van der Waals surface area contributed by atoms with Gasteiger partial charge < -0.3 is 15.5 Å². The third kappa shape index (κ3) is 2.93. The zero-order valence-corrected chi connectivity index (χ0v) is 10.2. The fourth-order valence-corrected chi connectivity index (χ4v) is 1.80. The predicted octanol–water partition coefficient (Wildman–Crippen LogP) is 3.55. The fourth-order valence-electron chi connectivity index (χ4n) is 1.80. The van der Waals surface area contributed by atoms with E-state index >= 15 is 0 Å². The molecule has 0 saturated carbocycles. The molecule has 0 aromatic heterocycles. The molecule has 0 radical (unpaired) electrons. The second-order valence-electron chi connectivity index (χ2n) is 4.24. The zero-order valence-electron chi connectivity index (χ0n) is 10.2.